The molecule has 0 saturated carbocycles. The highest BCUT2D eigenvalue weighted by molar-refractivity contribution is 5.31. The second-order valence-corrected chi connectivity index (χ2v) is 3.77. The second-order valence-electron chi connectivity index (χ2n) is 3.77. The largest absolute Gasteiger partial charge is 0.416 e. The molecule has 0 bridgehead atoms. The number of benzene rings is 1. The van der Waals surface area contributed by atoms with Crippen molar-refractivity contribution in [1.82, 2.24) is 9.97 Å². The summed E-state index contributed by atoms with van der Waals surface area (Å²) in [6.45, 7) is 0. The maximum Gasteiger partial charge on any atom is 0.416 e. The van der Waals surface area contributed by atoms with Crippen LogP contribution in [0.5, 0.6) is 0 Å². The van der Waals surface area contributed by atoms with E-state index in [-0.39, 0.29) is 0 Å². The maximum absolute atomic E-state index is 12.4. The van der Waals surface area contributed by atoms with Gasteiger partial charge in [0.05, 0.1) is 11.6 Å². The van der Waals surface area contributed by atoms with Gasteiger partial charge in [0.1, 0.15) is 6.33 Å². The zero-order valence-corrected chi connectivity index (χ0v) is 9.22. The topological polar surface area (TPSA) is 51.8 Å². The lowest BCUT2D eigenvalue weighted by Crippen LogP contribution is -2.13. The van der Waals surface area contributed by atoms with Crippen molar-refractivity contribution in [2.24, 2.45) is 5.73 Å². The number of aromatic nitrogens is 2. The minimum atomic E-state index is -4.33. The molecule has 2 N–H and O–H groups in total. The molecule has 0 spiro atoms. The molecule has 1 atom stereocenters. The highest BCUT2D eigenvalue weighted by atomic mass is 19.4. The first-order valence-electron chi connectivity index (χ1n) is 5.16. The van der Waals surface area contributed by atoms with Gasteiger partial charge in [-0.2, -0.15) is 13.2 Å². The van der Waals surface area contributed by atoms with Crippen LogP contribution in [-0.4, -0.2) is 9.97 Å². The summed E-state index contributed by atoms with van der Waals surface area (Å²) in [6, 6.07) is 4.22. The SMILES string of the molecule is NC(c1ccc(C(F)(F)F)cc1)c1cncnc1. The molecule has 1 aromatic heterocycles. The van der Waals surface area contributed by atoms with Gasteiger partial charge in [-0.15, -0.1) is 0 Å². The van der Waals surface area contributed by atoms with Crippen LogP contribution in [0.3, 0.4) is 0 Å². The Bertz CT molecular complexity index is 508. The molecule has 1 aromatic carbocycles. The van der Waals surface area contributed by atoms with Crippen LogP contribution in [0.25, 0.3) is 0 Å². The van der Waals surface area contributed by atoms with Gasteiger partial charge in [-0.05, 0) is 17.7 Å². The van der Waals surface area contributed by atoms with Gasteiger partial charge in [0.25, 0.3) is 0 Å². The summed E-state index contributed by atoms with van der Waals surface area (Å²) in [5, 5.41) is 0. The van der Waals surface area contributed by atoms with E-state index < -0.39 is 17.8 Å². The van der Waals surface area contributed by atoms with E-state index in [4.69, 9.17) is 5.73 Å². The fraction of sp³-hybridized carbons (Fsp3) is 0.167. The van der Waals surface area contributed by atoms with Gasteiger partial charge in [0.15, 0.2) is 0 Å². The molecule has 0 radical (unpaired) electrons. The van der Waals surface area contributed by atoms with Crippen molar-refractivity contribution >= 4 is 0 Å². The van der Waals surface area contributed by atoms with Gasteiger partial charge in [0.2, 0.25) is 0 Å². The van der Waals surface area contributed by atoms with Crippen molar-refractivity contribution in [3.8, 4) is 0 Å². The van der Waals surface area contributed by atoms with Gasteiger partial charge in [-0.25, -0.2) is 9.97 Å². The van der Waals surface area contributed by atoms with E-state index in [1.807, 2.05) is 0 Å². The minimum absolute atomic E-state index is 0.534. The van der Waals surface area contributed by atoms with Crippen molar-refractivity contribution < 1.29 is 13.2 Å². The molecule has 18 heavy (non-hydrogen) atoms. The molecule has 2 aromatic rings. The van der Waals surface area contributed by atoms with Crippen LogP contribution < -0.4 is 5.73 Å². The molecule has 0 amide bonds. The van der Waals surface area contributed by atoms with Gasteiger partial charge in [-0.1, -0.05) is 12.1 Å². The molecule has 0 saturated heterocycles. The lowest BCUT2D eigenvalue weighted by Gasteiger charge is -2.13. The summed E-state index contributed by atoms with van der Waals surface area (Å²) in [5.74, 6) is 0. The Labute approximate surface area is 101 Å². The first-order valence-corrected chi connectivity index (χ1v) is 5.16. The van der Waals surface area contributed by atoms with Crippen molar-refractivity contribution in [2.45, 2.75) is 12.2 Å². The van der Waals surface area contributed by atoms with Gasteiger partial charge >= 0.3 is 6.18 Å². The molecule has 1 unspecified atom stereocenters. The van der Waals surface area contributed by atoms with Crippen LogP contribution in [0.1, 0.15) is 22.7 Å². The predicted molar refractivity (Wildman–Crippen MR) is 59.5 cm³/mol. The van der Waals surface area contributed by atoms with E-state index >= 15 is 0 Å². The van der Waals surface area contributed by atoms with Crippen LogP contribution in [0.4, 0.5) is 13.2 Å². The van der Waals surface area contributed by atoms with Crippen LogP contribution in [-0.2, 0) is 6.18 Å². The lowest BCUT2D eigenvalue weighted by atomic mass is 10.0. The fourth-order valence-corrected chi connectivity index (χ4v) is 1.54. The Morgan fingerprint density at radius 1 is 0.944 bits per heavy atom. The van der Waals surface area contributed by atoms with Gasteiger partial charge in [0, 0.05) is 18.0 Å². The third-order valence-corrected chi connectivity index (χ3v) is 2.54. The number of nitrogens with zero attached hydrogens (tertiary/aromatic N) is 2. The lowest BCUT2D eigenvalue weighted by molar-refractivity contribution is -0.137. The Balaban J connectivity index is 2.25. The van der Waals surface area contributed by atoms with E-state index in [0.29, 0.717) is 11.1 Å². The molecular formula is C12H10F3N3. The van der Waals surface area contributed by atoms with Crippen LogP contribution in [0, 0.1) is 0 Å². The molecule has 0 aliphatic rings. The first-order chi connectivity index (χ1) is 8.48. The normalized spacial score (nSPS) is 13.3. The summed E-state index contributed by atoms with van der Waals surface area (Å²) < 4.78 is 37.2. The average Bonchev–Trinajstić information content (AvgIpc) is 2.38. The molecular weight excluding hydrogens is 243 g/mol. The molecule has 2 rings (SSSR count). The second kappa shape index (κ2) is 4.73. The minimum Gasteiger partial charge on any atom is -0.320 e. The Morgan fingerprint density at radius 2 is 1.50 bits per heavy atom. The van der Waals surface area contributed by atoms with Crippen molar-refractivity contribution in [3.63, 3.8) is 0 Å². The molecule has 94 valence electrons. The summed E-state index contributed by atoms with van der Waals surface area (Å²) in [7, 11) is 0. The number of hydrogen-bond acceptors (Lipinski definition) is 3. The number of rotatable bonds is 2. The maximum atomic E-state index is 12.4. The van der Waals surface area contributed by atoms with Crippen LogP contribution in [0.2, 0.25) is 0 Å². The quantitative estimate of drug-likeness (QED) is 0.894. The molecule has 1 heterocycles. The van der Waals surface area contributed by atoms with E-state index in [1.54, 1.807) is 0 Å². The Kier molecular flexibility index (Phi) is 3.29. The van der Waals surface area contributed by atoms with Crippen LogP contribution >= 0.6 is 0 Å². The van der Waals surface area contributed by atoms with Gasteiger partial charge in [-0.3, -0.25) is 0 Å². The standard InChI is InChI=1S/C12H10F3N3/c13-12(14,15)10-3-1-8(2-4-10)11(16)9-5-17-7-18-6-9/h1-7,11H,16H2. The summed E-state index contributed by atoms with van der Waals surface area (Å²) in [6.07, 6.45) is 0.103. The van der Waals surface area contributed by atoms with Crippen molar-refractivity contribution in [3.05, 3.63) is 59.7 Å². The molecule has 6 heteroatoms. The summed E-state index contributed by atoms with van der Waals surface area (Å²) in [4.78, 5) is 7.63. The fourth-order valence-electron chi connectivity index (χ4n) is 1.54. The average molecular weight is 253 g/mol. The van der Waals surface area contributed by atoms with Crippen molar-refractivity contribution in [2.75, 3.05) is 0 Å². The van der Waals surface area contributed by atoms with E-state index in [1.165, 1.54) is 30.9 Å². The third kappa shape index (κ3) is 2.65. The first kappa shape index (κ1) is 12.5. The smallest absolute Gasteiger partial charge is 0.320 e. The van der Waals surface area contributed by atoms with Crippen molar-refractivity contribution in [1.29, 1.82) is 0 Å². The third-order valence-electron chi connectivity index (χ3n) is 2.54. The molecule has 3 nitrogen and oxygen atoms in total. The predicted octanol–water partition coefficient (Wildman–Crippen LogP) is 2.54. The highest BCUT2D eigenvalue weighted by Crippen LogP contribution is 2.30. The highest BCUT2D eigenvalue weighted by Gasteiger charge is 2.30. The number of nitrogens with two attached hydrogens (primary N) is 1. The molecule has 0 aliphatic carbocycles. The molecule has 0 fully saturated rings. The monoisotopic (exact) mass is 253 g/mol. The Hall–Kier alpha value is -1.95. The summed E-state index contributed by atoms with van der Waals surface area (Å²) >= 11 is 0. The zero-order valence-electron chi connectivity index (χ0n) is 9.22. The van der Waals surface area contributed by atoms with Gasteiger partial charge < -0.3 is 5.73 Å². The number of hydrogen-bond donors (Lipinski definition) is 1. The summed E-state index contributed by atoms with van der Waals surface area (Å²) in [5.41, 5.74) is 6.45. The van der Waals surface area contributed by atoms with Crippen LogP contribution in [0.15, 0.2) is 43.0 Å². The zero-order chi connectivity index (χ0) is 13.2. The van der Waals surface area contributed by atoms with E-state index in [0.717, 1.165) is 12.1 Å². The number of alkyl halides is 3. The van der Waals surface area contributed by atoms with E-state index in [9.17, 15) is 13.2 Å². The van der Waals surface area contributed by atoms with E-state index in [2.05, 4.69) is 9.97 Å². The number of halogens is 3. The Morgan fingerprint density at radius 3 is 2.00 bits per heavy atom. The molecule has 0 aliphatic heterocycles.